The highest BCUT2D eigenvalue weighted by atomic mass is 32.2. The van der Waals surface area contributed by atoms with Crippen molar-refractivity contribution < 1.29 is 10.4 Å². The maximum atomic E-state index is 9.08. The number of hydrogen-bond donors (Lipinski definition) is 2. The summed E-state index contributed by atoms with van der Waals surface area (Å²) in [5.74, 6) is 0.529. The Kier molecular flexibility index (Phi) is 4.39. The lowest BCUT2D eigenvalue weighted by molar-refractivity contribution is 0.314. The number of oxime groups is 2. The Morgan fingerprint density at radius 3 is 2.26 bits per heavy atom. The Morgan fingerprint density at radius 2 is 1.65 bits per heavy atom. The van der Waals surface area contributed by atoms with Crippen LogP contribution in [0.25, 0.3) is 0 Å². The van der Waals surface area contributed by atoms with Crippen molar-refractivity contribution in [2.24, 2.45) is 10.3 Å². The van der Waals surface area contributed by atoms with Crippen molar-refractivity contribution >= 4 is 23.2 Å². The smallest absolute Gasteiger partial charge is 0.135 e. The Hall–Kier alpha value is -2.27. The lowest BCUT2D eigenvalue weighted by Crippen LogP contribution is -2.08. The zero-order chi connectivity index (χ0) is 16.4. The fourth-order valence-electron chi connectivity index (χ4n) is 2.68. The molecule has 0 aliphatic heterocycles. The topological polar surface area (TPSA) is 65.2 Å². The molecule has 23 heavy (non-hydrogen) atoms. The number of benzene rings is 2. The highest BCUT2D eigenvalue weighted by Crippen LogP contribution is 2.32. The zero-order valence-corrected chi connectivity index (χ0v) is 13.8. The molecule has 5 heteroatoms. The lowest BCUT2D eigenvalue weighted by Gasteiger charge is -2.07. The van der Waals surface area contributed by atoms with Crippen LogP contribution in [-0.2, 0) is 6.42 Å². The maximum absolute atomic E-state index is 9.08. The second-order valence-corrected chi connectivity index (χ2v) is 6.96. The molecule has 1 aliphatic rings. The van der Waals surface area contributed by atoms with Gasteiger partial charge in [0.05, 0.1) is 0 Å². The molecule has 1 aliphatic carbocycles. The molecular weight excluding hydrogens is 308 g/mol. The molecule has 2 aromatic carbocycles. The van der Waals surface area contributed by atoms with Gasteiger partial charge in [-0.05, 0) is 41.3 Å². The van der Waals surface area contributed by atoms with Gasteiger partial charge in [0.25, 0.3) is 0 Å². The van der Waals surface area contributed by atoms with Crippen LogP contribution in [0, 0.1) is 0 Å². The number of fused-ring (bicyclic) bond motifs is 1. The van der Waals surface area contributed by atoms with Crippen LogP contribution in [-0.4, -0.2) is 21.8 Å². The third-order valence-corrected chi connectivity index (χ3v) is 4.96. The summed E-state index contributed by atoms with van der Waals surface area (Å²) in [5, 5.41) is 24.5. The highest BCUT2D eigenvalue weighted by Gasteiger charge is 2.25. The zero-order valence-electron chi connectivity index (χ0n) is 13.0. The quantitative estimate of drug-likeness (QED) is 0.643. The van der Waals surface area contributed by atoms with E-state index in [1.54, 1.807) is 11.8 Å². The molecule has 0 radical (unpaired) electrons. The molecule has 118 valence electrons. The van der Waals surface area contributed by atoms with E-state index in [4.69, 9.17) is 10.4 Å². The molecule has 2 aromatic rings. The largest absolute Gasteiger partial charge is 0.411 e. The predicted molar refractivity (Wildman–Crippen MR) is 92.3 cm³/mol. The van der Waals surface area contributed by atoms with E-state index in [1.807, 2.05) is 12.1 Å². The minimum absolute atomic E-state index is 0.348. The van der Waals surface area contributed by atoms with Gasteiger partial charge in [-0.1, -0.05) is 54.1 Å². The van der Waals surface area contributed by atoms with E-state index in [2.05, 4.69) is 54.5 Å². The van der Waals surface area contributed by atoms with E-state index in [-0.39, 0.29) is 0 Å². The van der Waals surface area contributed by atoms with E-state index in [0.29, 0.717) is 23.8 Å². The van der Waals surface area contributed by atoms with Gasteiger partial charge in [-0.2, -0.15) is 0 Å². The van der Waals surface area contributed by atoms with Crippen molar-refractivity contribution in [1.29, 1.82) is 0 Å². The monoisotopic (exact) mass is 326 g/mol. The Bertz CT molecular complexity index is 780. The maximum Gasteiger partial charge on any atom is 0.135 e. The molecule has 2 N–H and O–H groups in total. The van der Waals surface area contributed by atoms with Crippen molar-refractivity contribution in [3.8, 4) is 0 Å². The molecule has 0 bridgehead atoms. The summed E-state index contributed by atoms with van der Waals surface area (Å²) in [4.78, 5) is 2.29. The summed E-state index contributed by atoms with van der Waals surface area (Å²) in [5.41, 5.74) is 3.90. The van der Waals surface area contributed by atoms with Gasteiger partial charge in [-0.3, -0.25) is 0 Å². The Labute approximate surface area is 139 Å². The predicted octanol–water partition coefficient (Wildman–Crippen LogP) is 4.53. The van der Waals surface area contributed by atoms with E-state index in [0.717, 1.165) is 16.0 Å². The van der Waals surface area contributed by atoms with Gasteiger partial charge in [0, 0.05) is 21.8 Å². The minimum atomic E-state index is 0.348. The summed E-state index contributed by atoms with van der Waals surface area (Å²) in [7, 11) is 0. The second-order valence-electron chi connectivity index (χ2n) is 5.82. The van der Waals surface area contributed by atoms with E-state index < -0.39 is 0 Å². The van der Waals surface area contributed by atoms with Crippen LogP contribution in [0.2, 0.25) is 0 Å². The van der Waals surface area contributed by atoms with Gasteiger partial charge >= 0.3 is 0 Å². The summed E-state index contributed by atoms with van der Waals surface area (Å²) < 4.78 is 0. The summed E-state index contributed by atoms with van der Waals surface area (Å²) >= 11 is 1.69. The molecule has 0 saturated carbocycles. The molecule has 0 unspecified atom stereocenters. The third-order valence-electron chi connectivity index (χ3n) is 3.97. The third kappa shape index (κ3) is 3.10. The van der Waals surface area contributed by atoms with Crippen LogP contribution in [0.3, 0.4) is 0 Å². The van der Waals surface area contributed by atoms with Crippen LogP contribution in [0.4, 0.5) is 0 Å². The van der Waals surface area contributed by atoms with Crippen LogP contribution in [0.5, 0.6) is 0 Å². The fourth-order valence-corrected chi connectivity index (χ4v) is 3.56. The molecule has 3 rings (SSSR count). The van der Waals surface area contributed by atoms with E-state index in [9.17, 15) is 0 Å². The molecule has 4 nitrogen and oxygen atoms in total. The number of hydrogen-bond acceptors (Lipinski definition) is 5. The first-order valence-electron chi connectivity index (χ1n) is 7.47. The van der Waals surface area contributed by atoms with E-state index in [1.165, 1.54) is 10.5 Å². The van der Waals surface area contributed by atoms with Crippen molar-refractivity contribution in [1.82, 2.24) is 0 Å². The normalized spacial score (nSPS) is 17.2. The van der Waals surface area contributed by atoms with Gasteiger partial charge < -0.3 is 10.4 Å². The molecule has 0 atom stereocenters. The van der Waals surface area contributed by atoms with Crippen molar-refractivity contribution in [3.05, 3.63) is 59.2 Å². The molecule has 0 heterocycles. The molecule has 0 saturated heterocycles. The van der Waals surface area contributed by atoms with Crippen molar-refractivity contribution in [3.63, 3.8) is 0 Å². The summed E-state index contributed by atoms with van der Waals surface area (Å²) in [6.07, 6.45) is 0.478. The minimum Gasteiger partial charge on any atom is -0.411 e. The number of rotatable bonds is 3. The van der Waals surface area contributed by atoms with E-state index >= 15 is 0 Å². The van der Waals surface area contributed by atoms with Crippen LogP contribution in [0.15, 0.2) is 62.6 Å². The first-order valence-corrected chi connectivity index (χ1v) is 8.28. The molecule has 0 amide bonds. The van der Waals surface area contributed by atoms with Gasteiger partial charge in [-0.15, -0.1) is 0 Å². The Morgan fingerprint density at radius 1 is 0.957 bits per heavy atom. The Balaban J connectivity index is 1.84. The summed E-state index contributed by atoms with van der Waals surface area (Å²) in [6.45, 7) is 4.37. The molecule has 0 fully saturated rings. The molecular formula is C18H18N2O2S. The van der Waals surface area contributed by atoms with Crippen LogP contribution in [0.1, 0.15) is 36.5 Å². The standard InChI is InChI=1S/C18H18N2O2S/c1-11(2)12-3-5-14(6-4-12)23-15-7-8-16-13(9-15)10-17(19-21)18(16)20-22/h3-9,11,21-22H,10H2,1-2H3. The number of nitrogens with zero attached hydrogens (tertiary/aromatic N) is 2. The molecule has 0 spiro atoms. The van der Waals surface area contributed by atoms with Crippen LogP contribution >= 0.6 is 11.8 Å². The first-order chi connectivity index (χ1) is 11.1. The van der Waals surface area contributed by atoms with Crippen molar-refractivity contribution in [2.75, 3.05) is 0 Å². The van der Waals surface area contributed by atoms with Gasteiger partial charge in [0.15, 0.2) is 0 Å². The second kappa shape index (κ2) is 6.46. The highest BCUT2D eigenvalue weighted by molar-refractivity contribution is 7.99. The van der Waals surface area contributed by atoms with Crippen LogP contribution < -0.4 is 0 Å². The summed E-state index contributed by atoms with van der Waals surface area (Å²) in [6, 6.07) is 14.5. The lowest BCUT2D eigenvalue weighted by atomic mass is 10.0. The van der Waals surface area contributed by atoms with Gasteiger partial charge in [0.1, 0.15) is 11.4 Å². The first kappa shape index (κ1) is 15.6. The van der Waals surface area contributed by atoms with Gasteiger partial charge in [-0.25, -0.2) is 0 Å². The average Bonchev–Trinajstić information content (AvgIpc) is 2.92. The average molecular weight is 326 g/mol. The molecule has 0 aromatic heterocycles. The fraction of sp³-hybridized carbons (Fsp3) is 0.222. The van der Waals surface area contributed by atoms with Gasteiger partial charge in [0.2, 0.25) is 0 Å². The van der Waals surface area contributed by atoms with Crippen molar-refractivity contribution in [2.45, 2.75) is 36.0 Å². The SMILES string of the molecule is CC(C)c1ccc(Sc2ccc3c(c2)CC(=NO)C3=NO)cc1.